The number of rotatable bonds is 34. The van der Waals surface area contributed by atoms with Gasteiger partial charge in [-0.1, -0.05) is 70.9 Å². The fourth-order valence-corrected chi connectivity index (χ4v) is 49.2. The highest BCUT2D eigenvalue weighted by Crippen LogP contribution is 2.86. The van der Waals surface area contributed by atoms with Crippen molar-refractivity contribution < 1.29 is 47.0 Å². The van der Waals surface area contributed by atoms with Crippen molar-refractivity contribution in [2.45, 2.75) is 45.3 Å². The van der Waals surface area contributed by atoms with Gasteiger partial charge in [-0.25, -0.2) is 28.0 Å². The summed E-state index contributed by atoms with van der Waals surface area (Å²) in [6.07, 6.45) is 3.06. The van der Waals surface area contributed by atoms with Crippen LogP contribution in [-0.2, 0) is 48.1 Å². The molecule has 0 bridgehead atoms. The van der Waals surface area contributed by atoms with Gasteiger partial charge in [0.1, 0.15) is 29.4 Å². The minimum atomic E-state index is -3.13. The molecule has 99 heavy (non-hydrogen) atoms. The molecular weight excluding hydrogens is 1520 g/mol. The van der Waals surface area contributed by atoms with Crippen LogP contribution in [0.3, 0.4) is 0 Å². The Labute approximate surface area is 624 Å². The van der Waals surface area contributed by atoms with Gasteiger partial charge in [-0.2, -0.15) is 0 Å². The molecule has 2 aromatic carbocycles. The molecule has 0 aliphatic carbocycles. The van der Waals surface area contributed by atoms with Gasteiger partial charge in [-0.05, 0) is 285 Å². The first-order valence-corrected chi connectivity index (χ1v) is 55.8. The Kier molecular flexibility index (Phi) is 46.4. The van der Waals surface area contributed by atoms with E-state index in [1.807, 2.05) is 0 Å². The summed E-state index contributed by atoms with van der Waals surface area (Å²) in [6, 6.07) is 18.6. The van der Waals surface area contributed by atoms with Crippen LogP contribution in [0.5, 0.6) is 0 Å². The van der Waals surface area contributed by atoms with Gasteiger partial charge in [0.2, 0.25) is 15.0 Å². The van der Waals surface area contributed by atoms with Gasteiger partial charge in [0, 0.05) is 81.2 Å². The zero-order valence-corrected chi connectivity index (χ0v) is 81.4. The van der Waals surface area contributed by atoms with Gasteiger partial charge < -0.3 is 38.1 Å². The number of nitrogens with zero attached hydrogens (tertiary/aromatic N) is 22. The minimum Gasteiger partial charge on any atom is -1.00 e. The first kappa shape index (κ1) is 104. The second-order valence-corrected chi connectivity index (χ2v) is 67.2. The number of benzene rings is 2. The first-order valence-electron chi connectivity index (χ1n) is 32.1. The lowest BCUT2D eigenvalue weighted by molar-refractivity contribution is -0.00100. The van der Waals surface area contributed by atoms with Crippen LogP contribution in [0.1, 0.15) is 35.6 Å². The third kappa shape index (κ3) is 29.1. The Morgan fingerprint density at radius 3 is 0.717 bits per heavy atom. The number of hydrogen-bond acceptors (Lipinski definition) is 13. The van der Waals surface area contributed by atoms with Crippen molar-refractivity contribution in [3.8, 4) is 0 Å². The fourth-order valence-electron chi connectivity index (χ4n) is 10.1. The van der Waals surface area contributed by atoms with E-state index in [-0.39, 0.29) is 24.8 Å². The van der Waals surface area contributed by atoms with E-state index in [2.05, 4.69) is 371 Å². The van der Waals surface area contributed by atoms with E-state index in [9.17, 15) is 0 Å². The van der Waals surface area contributed by atoms with Crippen molar-refractivity contribution in [1.29, 1.82) is 0 Å². The molecule has 0 amide bonds. The quantitative estimate of drug-likeness (QED) is 0.0472. The summed E-state index contributed by atoms with van der Waals surface area (Å²) < 4.78 is 113. The lowest BCUT2D eigenvalue weighted by Gasteiger charge is -2.42. The molecule has 584 valence electrons. The molecule has 2 rings (SSSR count). The van der Waals surface area contributed by atoms with Crippen molar-refractivity contribution in [3.63, 3.8) is 0 Å². The van der Waals surface area contributed by atoms with E-state index in [4.69, 9.17) is 58.3 Å². The summed E-state index contributed by atoms with van der Waals surface area (Å²) in [5.41, 5.74) is 5.06. The van der Waals surface area contributed by atoms with Crippen LogP contribution in [0.2, 0.25) is 6.04 Å². The summed E-state index contributed by atoms with van der Waals surface area (Å²) in [6.45, 7) is 26.2. The summed E-state index contributed by atoms with van der Waals surface area (Å²) >= 11 is 0. The average Bonchev–Trinajstić information content (AvgIpc) is 0.747. The molecule has 0 fully saturated rings. The molecule has 0 saturated heterocycles. The molecule has 2 aromatic rings. The summed E-state index contributed by atoms with van der Waals surface area (Å²) in [7, 11) is 32.5. The Bertz CT molecular complexity index is 3130. The summed E-state index contributed by atoms with van der Waals surface area (Å²) in [5.74, 6) is 0. The van der Waals surface area contributed by atoms with E-state index in [0.29, 0.717) is 12.6 Å². The topological polar surface area (TPSA) is 206 Å². The zero-order chi connectivity index (χ0) is 76.3. The molecule has 0 unspecified atom stereocenters. The van der Waals surface area contributed by atoms with E-state index < -0.39 is 92.4 Å². The van der Waals surface area contributed by atoms with Crippen molar-refractivity contribution in [1.82, 2.24) is 65.4 Å². The average molecular weight is 1660 g/mol. The standard InChI is InChI=1S/C30H73N11O3P5Si.C28H67N11P5.2ClH.O2Si/c1-35(2)46(20,36(3)4)32-48(31-45(17,18)19,33-47(21,37(5)6)38(7)8)34-49(39(9)10,40(11)12)41(13)28-30-24-22-29(23-25-30)26-27-50(42-14,43-15)44-16;1-20-21-27-22-24-28(25-23-27)26-39(14)44(37(10)11,38(12)13)32-43(29-40(15,16)17,30-41(18,33(2)3)34(4)5)31-42(19,35(6)7)36(8)9;;;1-3-2/h22-25H,26-28H2,1-21H3;22-25H,20-21,26H2,1-19H3;2*1H;/q2*+1;;;/p-2. The smallest absolute Gasteiger partial charge is 0.549 e. The van der Waals surface area contributed by atoms with E-state index in [1.165, 1.54) is 22.3 Å². The molecule has 0 radical (unpaired) electrons. The molecule has 0 saturated carbocycles. The summed E-state index contributed by atoms with van der Waals surface area (Å²) in [5, 5.41) is 0. The SMILES string of the molecule is CCCc1ccc(CN(C)P(=N[P+](N=P(C)(C)C)(N=P(C)(N(C)C)N(C)C)N=P(C)(N(C)C)N(C)C)(N(C)C)N(C)C)cc1.CO[Si](CCc1ccc(CN(C)P(=N[P+](N=P(C)(C)C)(N=P(C)(N(C)C)N(C)C)N=P(C)(N(C)C)N(C)C)(N(C)C)N(C)C)cc1)(OC)OC.O=[Si]=O.[Cl-].[Cl-]. The first-order chi connectivity index (χ1) is 44.1. The van der Waals surface area contributed by atoms with E-state index in [0.717, 1.165) is 25.8 Å². The van der Waals surface area contributed by atoms with Crippen LogP contribution in [-0.4, -0.2) is 355 Å². The van der Waals surface area contributed by atoms with Crippen LogP contribution in [0, 0.1) is 0 Å². The molecule has 0 aliphatic rings. The second-order valence-electron chi connectivity index (χ2n) is 28.3. The highest BCUT2D eigenvalue weighted by molar-refractivity contribution is 7.89. The van der Waals surface area contributed by atoms with Gasteiger partial charge in [0.05, 0.1) is 0 Å². The van der Waals surface area contributed by atoms with Crippen molar-refractivity contribution in [3.05, 3.63) is 70.8 Å². The maximum absolute atomic E-state index is 8.40. The zero-order valence-electron chi connectivity index (χ0n) is 69.0. The van der Waals surface area contributed by atoms with Crippen LogP contribution in [0.4, 0.5) is 0 Å². The molecule has 41 heteroatoms. The minimum absolute atomic E-state index is 0. The van der Waals surface area contributed by atoms with E-state index in [1.54, 1.807) is 21.3 Å². The number of aryl methyl sites for hydroxylation is 2. The van der Waals surface area contributed by atoms with Crippen molar-refractivity contribution in [2.24, 2.45) is 36.1 Å². The van der Waals surface area contributed by atoms with Crippen LogP contribution in [0.15, 0.2) is 84.7 Å². The molecule has 0 heterocycles. The molecule has 27 nitrogen and oxygen atoms in total. The lowest BCUT2D eigenvalue weighted by Crippen LogP contribution is -3.00. The molecule has 0 aromatic heterocycles. The Morgan fingerprint density at radius 2 is 0.545 bits per heavy atom. The number of halogens is 2. The van der Waals surface area contributed by atoms with Crippen LogP contribution in [0.25, 0.3) is 0 Å². The predicted molar refractivity (Wildman–Crippen MR) is 444 cm³/mol. The molecule has 0 spiro atoms. The Hall–Kier alpha value is 1.07. The lowest BCUT2D eigenvalue weighted by atomic mass is 10.1. The van der Waals surface area contributed by atoms with Gasteiger partial charge in [-0.15, -0.1) is 0 Å². The van der Waals surface area contributed by atoms with Crippen molar-refractivity contribution >= 4 is 92.4 Å². The van der Waals surface area contributed by atoms with Crippen molar-refractivity contribution in [2.75, 3.05) is 271 Å². The third-order valence-electron chi connectivity index (χ3n) is 16.6. The predicted octanol–water partition coefficient (Wildman–Crippen LogP) is 9.81. The largest absolute Gasteiger partial charge is 1.00 e. The molecule has 0 N–H and O–H groups in total. The summed E-state index contributed by atoms with van der Waals surface area (Å²) in [4.78, 5) is 0. The van der Waals surface area contributed by atoms with Gasteiger partial charge in [0.15, 0.2) is 0 Å². The fraction of sp³-hybridized carbons (Fsp3) is 0.793. The van der Waals surface area contributed by atoms with Crippen LogP contribution >= 0.6 is 74.3 Å². The normalized spacial score (nSPS) is 13.6. The molecule has 0 aliphatic heterocycles. The molecular formula is C58H140Cl2N22O5P10Si2. The maximum atomic E-state index is 8.40. The highest BCUT2D eigenvalue weighted by Gasteiger charge is 2.54. The van der Waals surface area contributed by atoms with Gasteiger partial charge >= 0.3 is 33.8 Å². The number of hydrogen-bond donors (Lipinski definition) is 0. The second kappa shape index (κ2) is 44.1. The third-order valence-corrected chi connectivity index (χ3v) is 57.2. The maximum Gasteiger partial charge on any atom is 0.549 e. The molecule has 0 atom stereocenters. The van der Waals surface area contributed by atoms with Gasteiger partial charge in [-0.3, -0.25) is 46.3 Å². The Morgan fingerprint density at radius 1 is 0.343 bits per heavy atom. The van der Waals surface area contributed by atoms with E-state index >= 15 is 0 Å². The monoisotopic (exact) mass is 1660 g/mol. The Balaban J connectivity index is -0.00000177. The highest BCUT2D eigenvalue weighted by atomic mass is 35.5. The van der Waals surface area contributed by atoms with Gasteiger partial charge in [0.25, 0.3) is 0 Å². The van der Waals surface area contributed by atoms with Crippen LogP contribution < -0.4 is 24.8 Å².